The van der Waals surface area contributed by atoms with E-state index >= 15 is 0 Å². The smallest absolute Gasteiger partial charge is 0.319 e. The summed E-state index contributed by atoms with van der Waals surface area (Å²) < 4.78 is 0. The van der Waals surface area contributed by atoms with Gasteiger partial charge in [-0.15, -0.1) is 0 Å². The molecule has 0 heterocycles. The van der Waals surface area contributed by atoms with E-state index < -0.39 is 18.0 Å². The zero-order valence-corrected chi connectivity index (χ0v) is 12.3. The van der Waals surface area contributed by atoms with Gasteiger partial charge in [0.25, 0.3) is 0 Å². The number of anilines is 1. The van der Waals surface area contributed by atoms with Crippen LogP contribution >= 0.6 is 11.6 Å². The van der Waals surface area contributed by atoms with Crippen LogP contribution in [0.1, 0.15) is 5.56 Å². The summed E-state index contributed by atoms with van der Waals surface area (Å²) in [6, 6.07) is 13.9. The van der Waals surface area contributed by atoms with Gasteiger partial charge in [0.2, 0.25) is 0 Å². The molecule has 1 atom stereocenters. The van der Waals surface area contributed by atoms with E-state index in [-0.39, 0.29) is 6.42 Å². The first kappa shape index (κ1) is 15.9. The Morgan fingerprint density at radius 1 is 1.05 bits per heavy atom. The SMILES string of the molecule is O=C(Nc1ccccc1Cl)N[C@@H](Cc1ccccc1)C(=O)[O-]. The number of carbonyl (C=O) groups is 2. The minimum Gasteiger partial charge on any atom is -0.548 e. The van der Waals surface area contributed by atoms with Crippen molar-refractivity contribution in [1.29, 1.82) is 0 Å². The second kappa shape index (κ2) is 7.47. The molecular weight excluding hydrogens is 304 g/mol. The summed E-state index contributed by atoms with van der Waals surface area (Å²) in [7, 11) is 0. The number of hydrogen-bond acceptors (Lipinski definition) is 3. The molecule has 0 aliphatic carbocycles. The Kier molecular flexibility index (Phi) is 5.38. The molecule has 2 amide bonds. The van der Waals surface area contributed by atoms with E-state index in [9.17, 15) is 14.7 Å². The van der Waals surface area contributed by atoms with Crippen LogP contribution in [0.2, 0.25) is 5.02 Å². The monoisotopic (exact) mass is 317 g/mol. The van der Waals surface area contributed by atoms with Gasteiger partial charge in [0.1, 0.15) is 0 Å². The Morgan fingerprint density at radius 2 is 1.68 bits per heavy atom. The van der Waals surface area contributed by atoms with Crippen LogP contribution in [0, 0.1) is 0 Å². The Morgan fingerprint density at radius 3 is 2.32 bits per heavy atom. The van der Waals surface area contributed by atoms with E-state index in [0.29, 0.717) is 10.7 Å². The van der Waals surface area contributed by atoms with Crippen molar-refractivity contribution in [1.82, 2.24) is 5.32 Å². The van der Waals surface area contributed by atoms with E-state index in [4.69, 9.17) is 11.6 Å². The number of aliphatic carboxylic acids is 1. The molecule has 0 saturated carbocycles. The molecule has 0 fully saturated rings. The maximum absolute atomic E-state index is 11.9. The Labute approximate surface area is 132 Å². The van der Waals surface area contributed by atoms with Crippen LogP contribution in [-0.4, -0.2) is 18.0 Å². The molecule has 0 bridgehead atoms. The number of rotatable bonds is 5. The number of benzene rings is 2. The second-order valence-corrected chi connectivity index (χ2v) is 5.05. The van der Waals surface area contributed by atoms with Gasteiger partial charge < -0.3 is 20.5 Å². The van der Waals surface area contributed by atoms with Gasteiger partial charge >= 0.3 is 6.03 Å². The average molecular weight is 318 g/mol. The Hall–Kier alpha value is -2.53. The van der Waals surface area contributed by atoms with Gasteiger partial charge in [-0.2, -0.15) is 0 Å². The van der Waals surface area contributed by atoms with E-state index in [1.807, 2.05) is 6.07 Å². The fourth-order valence-corrected chi connectivity index (χ4v) is 2.11. The molecule has 2 N–H and O–H groups in total. The third kappa shape index (κ3) is 4.49. The van der Waals surface area contributed by atoms with E-state index in [2.05, 4.69) is 10.6 Å². The highest BCUT2D eigenvalue weighted by atomic mass is 35.5. The van der Waals surface area contributed by atoms with Crippen molar-refractivity contribution in [2.24, 2.45) is 0 Å². The van der Waals surface area contributed by atoms with E-state index in [1.54, 1.807) is 48.5 Å². The van der Waals surface area contributed by atoms with Crippen LogP contribution in [0.5, 0.6) is 0 Å². The zero-order chi connectivity index (χ0) is 15.9. The van der Waals surface area contributed by atoms with Crippen LogP contribution in [0.15, 0.2) is 54.6 Å². The number of hydrogen-bond donors (Lipinski definition) is 2. The molecule has 0 saturated heterocycles. The minimum atomic E-state index is -1.35. The van der Waals surface area contributed by atoms with Crippen LogP contribution < -0.4 is 15.7 Å². The van der Waals surface area contributed by atoms with Crippen molar-refractivity contribution < 1.29 is 14.7 Å². The fourth-order valence-electron chi connectivity index (χ4n) is 1.92. The largest absolute Gasteiger partial charge is 0.548 e. The molecule has 5 nitrogen and oxygen atoms in total. The van der Waals surface area contributed by atoms with Crippen molar-refractivity contribution in [3.05, 3.63) is 65.2 Å². The normalized spacial score (nSPS) is 11.5. The molecule has 0 aliphatic rings. The summed E-state index contributed by atoms with van der Waals surface area (Å²) in [5.74, 6) is -1.35. The highest BCUT2D eigenvalue weighted by Crippen LogP contribution is 2.20. The average Bonchev–Trinajstić information content (AvgIpc) is 2.50. The summed E-state index contributed by atoms with van der Waals surface area (Å²) in [6.45, 7) is 0. The summed E-state index contributed by atoms with van der Waals surface area (Å²) >= 11 is 5.93. The van der Waals surface area contributed by atoms with Crippen LogP contribution in [0.25, 0.3) is 0 Å². The predicted octanol–water partition coefficient (Wildman–Crippen LogP) is 1.82. The first-order chi connectivity index (χ1) is 10.6. The van der Waals surface area contributed by atoms with Gasteiger partial charge in [-0.3, -0.25) is 0 Å². The number of para-hydroxylation sites is 1. The molecule has 0 aromatic heterocycles. The van der Waals surface area contributed by atoms with Crippen molar-refractivity contribution in [2.75, 3.05) is 5.32 Å². The lowest BCUT2D eigenvalue weighted by Crippen LogP contribution is -2.50. The lowest BCUT2D eigenvalue weighted by molar-refractivity contribution is -0.308. The number of nitrogens with one attached hydrogen (secondary N) is 2. The highest BCUT2D eigenvalue weighted by Gasteiger charge is 2.14. The van der Waals surface area contributed by atoms with Crippen molar-refractivity contribution >= 4 is 29.3 Å². The summed E-state index contributed by atoms with van der Waals surface area (Å²) in [6.07, 6.45) is 0.138. The molecule has 22 heavy (non-hydrogen) atoms. The molecule has 0 spiro atoms. The third-order valence-electron chi connectivity index (χ3n) is 2.99. The summed E-state index contributed by atoms with van der Waals surface area (Å²) in [5.41, 5.74) is 1.19. The first-order valence-electron chi connectivity index (χ1n) is 6.63. The Bertz CT molecular complexity index is 661. The van der Waals surface area contributed by atoms with Crippen molar-refractivity contribution in [2.45, 2.75) is 12.5 Å². The standard InChI is InChI=1S/C16H15ClN2O3/c17-12-8-4-5-9-13(12)18-16(22)19-14(15(20)21)10-11-6-2-1-3-7-11/h1-9,14H,10H2,(H,20,21)(H2,18,19,22)/p-1/t14-/m0/s1. The maximum Gasteiger partial charge on any atom is 0.319 e. The molecule has 0 aliphatic heterocycles. The fraction of sp³-hybridized carbons (Fsp3) is 0.125. The number of amides is 2. The molecule has 2 rings (SSSR count). The van der Waals surface area contributed by atoms with Crippen LogP contribution in [0.4, 0.5) is 10.5 Å². The molecular formula is C16H14ClN2O3-. The third-order valence-corrected chi connectivity index (χ3v) is 3.32. The topological polar surface area (TPSA) is 81.3 Å². The zero-order valence-electron chi connectivity index (χ0n) is 11.6. The molecule has 0 radical (unpaired) electrons. The van der Waals surface area contributed by atoms with Gasteiger partial charge in [0.15, 0.2) is 0 Å². The molecule has 2 aromatic rings. The number of halogens is 1. The molecule has 0 unspecified atom stereocenters. The van der Waals surface area contributed by atoms with Gasteiger partial charge in [-0.25, -0.2) is 4.79 Å². The number of carbonyl (C=O) groups excluding carboxylic acids is 2. The van der Waals surface area contributed by atoms with Crippen molar-refractivity contribution in [3.8, 4) is 0 Å². The van der Waals surface area contributed by atoms with Gasteiger partial charge in [0, 0.05) is 0 Å². The Balaban J connectivity index is 2.00. The van der Waals surface area contributed by atoms with Gasteiger partial charge in [0.05, 0.1) is 22.7 Å². The second-order valence-electron chi connectivity index (χ2n) is 4.64. The molecule has 114 valence electrons. The van der Waals surface area contributed by atoms with Crippen molar-refractivity contribution in [3.63, 3.8) is 0 Å². The summed E-state index contributed by atoms with van der Waals surface area (Å²) in [4.78, 5) is 23.1. The van der Waals surface area contributed by atoms with Crippen LogP contribution in [0.3, 0.4) is 0 Å². The number of carboxylic acid groups (broad SMARTS) is 1. The molecule has 2 aromatic carbocycles. The summed E-state index contributed by atoms with van der Waals surface area (Å²) in [5, 5.41) is 16.4. The predicted molar refractivity (Wildman–Crippen MR) is 82.5 cm³/mol. The molecule has 6 heteroatoms. The van der Waals surface area contributed by atoms with E-state index in [0.717, 1.165) is 5.56 Å². The van der Waals surface area contributed by atoms with Gasteiger partial charge in [-0.1, -0.05) is 54.1 Å². The maximum atomic E-state index is 11.9. The van der Waals surface area contributed by atoms with Crippen LogP contribution in [-0.2, 0) is 11.2 Å². The minimum absolute atomic E-state index is 0.138. The quantitative estimate of drug-likeness (QED) is 0.882. The lowest BCUT2D eigenvalue weighted by atomic mass is 10.1. The van der Waals surface area contributed by atoms with E-state index in [1.165, 1.54) is 0 Å². The first-order valence-corrected chi connectivity index (χ1v) is 7.01. The highest BCUT2D eigenvalue weighted by molar-refractivity contribution is 6.33. The lowest BCUT2D eigenvalue weighted by Gasteiger charge is -2.20. The number of carboxylic acids is 1. The number of urea groups is 1. The van der Waals surface area contributed by atoms with Gasteiger partial charge in [-0.05, 0) is 24.1 Å².